The normalized spacial score (nSPS) is 43.1. The van der Waals surface area contributed by atoms with Crippen molar-refractivity contribution < 1.29 is 38.2 Å². The summed E-state index contributed by atoms with van der Waals surface area (Å²) in [4.78, 5) is 32.2. The lowest BCUT2D eigenvalue weighted by Crippen LogP contribution is -2.69. The van der Waals surface area contributed by atoms with Crippen LogP contribution in [0.2, 0.25) is 0 Å². The average Bonchev–Trinajstić information content (AvgIpc) is 3.39. The van der Waals surface area contributed by atoms with E-state index in [1.165, 1.54) is 12.2 Å². The van der Waals surface area contributed by atoms with E-state index < -0.39 is 58.3 Å². The van der Waals surface area contributed by atoms with Crippen molar-refractivity contribution in [2.45, 2.75) is 63.4 Å². The van der Waals surface area contributed by atoms with Gasteiger partial charge in [0.1, 0.15) is 18.2 Å². The van der Waals surface area contributed by atoms with Gasteiger partial charge in [0.25, 0.3) is 0 Å². The minimum atomic E-state index is -2.22. The van der Waals surface area contributed by atoms with Gasteiger partial charge in [-0.05, 0) is 55.0 Å². The highest BCUT2D eigenvalue weighted by molar-refractivity contribution is 5.94. The molecule has 0 unspecified atom stereocenters. The number of allylic oxidation sites excluding steroid dienone is 4. The summed E-state index contributed by atoms with van der Waals surface area (Å²) in [6, 6.07) is 7.48. The van der Waals surface area contributed by atoms with E-state index in [0.29, 0.717) is 25.3 Å². The number of nitrogens with zero attached hydrogens (tertiary/aromatic N) is 1. The number of carbonyl (C=O) groups is 2. The summed E-state index contributed by atoms with van der Waals surface area (Å²) < 4.78 is 38.3. The Morgan fingerprint density at radius 2 is 1.95 bits per heavy atom. The maximum absolute atomic E-state index is 17.4. The van der Waals surface area contributed by atoms with Crippen LogP contribution in [0, 0.1) is 28.6 Å². The van der Waals surface area contributed by atoms with E-state index in [1.54, 1.807) is 19.1 Å². The van der Waals surface area contributed by atoms with Crippen LogP contribution in [0.5, 0.6) is 5.75 Å². The monoisotopic (exact) mass is 543 g/mol. The van der Waals surface area contributed by atoms with E-state index >= 15 is 8.78 Å². The molecule has 5 aliphatic rings. The molecule has 1 heterocycles. The third-order valence-corrected chi connectivity index (χ3v) is 10.8. The summed E-state index contributed by atoms with van der Waals surface area (Å²) in [6.45, 7) is 3.41. The number of aliphatic hydroxyl groups is 2. The van der Waals surface area contributed by atoms with Gasteiger partial charge in [-0.3, -0.25) is 14.4 Å². The Hall–Kier alpha value is -2.46. The maximum Gasteiger partial charge on any atom is 0.192 e. The third kappa shape index (κ3) is 3.33. The van der Waals surface area contributed by atoms with E-state index in [1.807, 2.05) is 31.2 Å². The molecule has 0 amide bonds. The van der Waals surface area contributed by atoms with E-state index in [-0.39, 0.29) is 36.5 Å². The van der Waals surface area contributed by atoms with Gasteiger partial charge >= 0.3 is 0 Å². The smallest absolute Gasteiger partial charge is 0.192 e. The first-order chi connectivity index (χ1) is 18.4. The van der Waals surface area contributed by atoms with Crippen LogP contribution in [-0.2, 0) is 21.0 Å². The van der Waals surface area contributed by atoms with Crippen molar-refractivity contribution in [3.05, 3.63) is 53.4 Å². The zero-order valence-electron chi connectivity index (χ0n) is 22.5. The minimum Gasteiger partial charge on any atom is -0.497 e. The van der Waals surface area contributed by atoms with Gasteiger partial charge in [-0.15, -0.1) is 0 Å². The van der Waals surface area contributed by atoms with E-state index in [2.05, 4.69) is 0 Å². The third-order valence-electron chi connectivity index (χ3n) is 10.8. The zero-order chi connectivity index (χ0) is 28.0. The fraction of sp³-hybridized carbons (Fsp3) is 0.600. The lowest BCUT2D eigenvalue weighted by molar-refractivity contribution is -0.267. The first-order valence-corrected chi connectivity index (χ1v) is 13.6. The summed E-state index contributed by atoms with van der Waals surface area (Å²) in [5.74, 6) is -2.36. The van der Waals surface area contributed by atoms with E-state index in [9.17, 15) is 19.8 Å². The second kappa shape index (κ2) is 8.77. The summed E-state index contributed by atoms with van der Waals surface area (Å²) in [5.41, 5.74) is -5.16. The number of alkyl halides is 1. The molecule has 1 saturated heterocycles. The number of hydroxylamine groups is 2. The van der Waals surface area contributed by atoms with E-state index in [0.717, 1.165) is 5.56 Å². The molecular formula is C30H35F2NO6. The maximum atomic E-state index is 17.4. The van der Waals surface area contributed by atoms with Crippen molar-refractivity contribution in [2.75, 3.05) is 20.3 Å². The quantitative estimate of drug-likeness (QED) is 0.586. The molecule has 0 spiro atoms. The van der Waals surface area contributed by atoms with Gasteiger partial charge in [-0.1, -0.05) is 25.1 Å². The predicted molar refractivity (Wildman–Crippen MR) is 137 cm³/mol. The Morgan fingerprint density at radius 3 is 2.62 bits per heavy atom. The Kier molecular flexibility index (Phi) is 6.01. The molecule has 3 fully saturated rings. The van der Waals surface area contributed by atoms with Crippen molar-refractivity contribution in [1.29, 1.82) is 0 Å². The van der Waals surface area contributed by atoms with Crippen LogP contribution in [0.25, 0.3) is 0 Å². The molecule has 0 aromatic heterocycles. The number of aliphatic hydroxyl groups excluding tert-OH is 2. The number of rotatable bonds is 5. The lowest BCUT2D eigenvalue weighted by Gasteiger charge is -2.62. The highest BCUT2D eigenvalue weighted by Gasteiger charge is 2.79. The van der Waals surface area contributed by atoms with Crippen LogP contribution < -0.4 is 4.74 Å². The second-order valence-corrected chi connectivity index (χ2v) is 12.4. The van der Waals surface area contributed by atoms with Crippen LogP contribution in [0.1, 0.15) is 45.1 Å². The molecule has 6 rings (SSSR count). The molecule has 0 radical (unpaired) electrons. The summed E-state index contributed by atoms with van der Waals surface area (Å²) in [6.07, 6.45) is 1.04. The first-order valence-electron chi connectivity index (χ1n) is 13.6. The number of carbonyl (C=O) groups excluding carboxylic acids is 2. The van der Waals surface area contributed by atoms with E-state index in [4.69, 9.17) is 9.57 Å². The minimum absolute atomic E-state index is 0.0877. The van der Waals surface area contributed by atoms with Gasteiger partial charge in [0, 0.05) is 48.6 Å². The number of methoxy groups -OCH3 is 1. The van der Waals surface area contributed by atoms with Crippen molar-refractivity contribution in [1.82, 2.24) is 5.06 Å². The number of ether oxygens (including phenoxy) is 1. The molecule has 2 N–H and O–H groups in total. The Bertz CT molecular complexity index is 1280. The number of ketones is 2. The van der Waals surface area contributed by atoms with Crippen molar-refractivity contribution >= 4 is 11.6 Å². The van der Waals surface area contributed by atoms with Gasteiger partial charge in [-0.25, -0.2) is 8.78 Å². The topological polar surface area (TPSA) is 96.3 Å². The van der Waals surface area contributed by atoms with Gasteiger partial charge in [-0.2, -0.15) is 5.06 Å². The zero-order valence-corrected chi connectivity index (χ0v) is 22.5. The second-order valence-electron chi connectivity index (χ2n) is 12.4. The molecule has 4 aliphatic carbocycles. The average molecular weight is 544 g/mol. The summed E-state index contributed by atoms with van der Waals surface area (Å²) in [5, 5.41) is 23.4. The molecule has 8 atom stereocenters. The molecule has 1 aromatic rings. The molecular weight excluding hydrogens is 508 g/mol. The van der Waals surface area contributed by atoms with Crippen LogP contribution in [0.4, 0.5) is 8.78 Å². The SMILES string of the molecule is COc1ccc(CN2C[C@@H]3C[C@H]4[C@@H]5CC(F)=C6CC(=O)C=C[C@]6(C)[C@@]5(F)[C@@H](O)C[C@]4(C)[C@]3(C(=O)CO)O2)cc1. The standard InChI is InChI=1S/C30H35F2NO6/c1-27-9-8-19(35)11-23(27)24(31)12-22-21-10-18-15-33(14-17-4-6-20(38-3)7-5-17)39-30(18,26(37)16-34)28(21,2)13-25(36)29(22,27)32/h4-9,18,21-22,25,34,36H,10-16H2,1-3H3/t18-,21-,22-,25-,27-,28-,29-,30-/m0/s1. The number of fused-ring (bicyclic) bond motifs is 7. The highest BCUT2D eigenvalue weighted by atomic mass is 19.1. The molecule has 210 valence electrons. The number of hydrogen-bond acceptors (Lipinski definition) is 7. The van der Waals surface area contributed by atoms with Gasteiger partial charge in [0.05, 0.1) is 13.2 Å². The highest BCUT2D eigenvalue weighted by Crippen LogP contribution is 2.72. The molecule has 1 aliphatic heterocycles. The number of benzene rings is 1. The fourth-order valence-corrected chi connectivity index (χ4v) is 8.94. The Labute approximate surface area is 226 Å². The summed E-state index contributed by atoms with van der Waals surface area (Å²) >= 11 is 0. The first kappa shape index (κ1) is 26.7. The van der Waals surface area contributed by atoms with Crippen LogP contribution in [0.3, 0.4) is 0 Å². The summed E-state index contributed by atoms with van der Waals surface area (Å²) in [7, 11) is 1.59. The molecule has 2 saturated carbocycles. The Balaban J connectivity index is 1.38. The Morgan fingerprint density at radius 1 is 1.23 bits per heavy atom. The predicted octanol–water partition coefficient (Wildman–Crippen LogP) is 3.64. The molecule has 7 nitrogen and oxygen atoms in total. The number of halogens is 2. The van der Waals surface area contributed by atoms with Gasteiger partial charge < -0.3 is 14.9 Å². The largest absolute Gasteiger partial charge is 0.497 e. The molecule has 0 bridgehead atoms. The van der Waals surface area contributed by atoms with Crippen molar-refractivity contribution in [2.24, 2.45) is 28.6 Å². The molecule has 39 heavy (non-hydrogen) atoms. The van der Waals surface area contributed by atoms with Crippen LogP contribution in [0.15, 0.2) is 47.8 Å². The molecule has 1 aromatic carbocycles. The van der Waals surface area contributed by atoms with Gasteiger partial charge in [0.15, 0.2) is 22.8 Å². The number of Topliss-reactive ketones (excluding diaryl/α,β-unsaturated/α-hetero) is 1. The van der Waals surface area contributed by atoms with Crippen LogP contribution >= 0.6 is 0 Å². The van der Waals surface area contributed by atoms with Crippen molar-refractivity contribution in [3.63, 3.8) is 0 Å². The van der Waals surface area contributed by atoms with Gasteiger partial charge in [0.2, 0.25) is 0 Å². The fourth-order valence-electron chi connectivity index (χ4n) is 8.94. The lowest BCUT2D eigenvalue weighted by atomic mass is 9.45. The van der Waals surface area contributed by atoms with Crippen LogP contribution in [-0.4, -0.2) is 64.5 Å². The number of hydrogen-bond donors (Lipinski definition) is 2. The van der Waals surface area contributed by atoms with Crippen molar-refractivity contribution in [3.8, 4) is 5.75 Å². The molecule has 9 heteroatoms.